The number of hydrogen-bond donors (Lipinski definition) is 2. The molecule has 0 bridgehead atoms. The minimum Gasteiger partial charge on any atom is -0.316 e. The van der Waals surface area contributed by atoms with E-state index in [0.29, 0.717) is 12.3 Å². The van der Waals surface area contributed by atoms with E-state index < -0.39 is 0 Å². The van der Waals surface area contributed by atoms with E-state index in [4.69, 9.17) is 0 Å². The van der Waals surface area contributed by atoms with Crippen molar-refractivity contribution in [1.29, 1.82) is 0 Å². The van der Waals surface area contributed by atoms with Gasteiger partial charge in [-0.25, -0.2) is 0 Å². The predicted molar refractivity (Wildman–Crippen MR) is 52.4 cm³/mol. The summed E-state index contributed by atoms with van der Waals surface area (Å²) >= 11 is 1.89. The van der Waals surface area contributed by atoms with Crippen LogP contribution in [0.15, 0.2) is 0 Å². The van der Waals surface area contributed by atoms with Crippen molar-refractivity contribution in [1.82, 2.24) is 8.85 Å². The first-order chi connectivity index (χ1) is 5.33. The zero-order valence-electron chi connectivity index (χ0n) is 6.40. The smallest absolute Gasteiger partial charge is 0.228 e. The monoisotopic (exact) mass is 268 g/mol. The van der Waals surface area contributed by atoms with Gasteiger partial charge in [-0.3, -0.25) is 8.32 Å². The third kappa shape index (κ3) is 3.37. The molecule has 1 saturated heterocycles. The molecule has 0 saturated carbocycles. The molecule has 1 heterocycles. The summed E-state index contributed by atoms with van der Waals surface area (Å²) < 4.78 is 2.62. The first-order valence-corrected chi connectivity index (χ1v) is 5.01. The highest BCUT2D eigenvalue weighted by atomic mass is 127. The third-order valence-corrected chi connectivity index (χ3v) is 2.58. The van der Waals surface area contributed by atoms with E-state index in [-0.39, 0.29) is 5.91 Å². The lowest BCUT2D eigenvalue weighted by Crippen LogP contribution is -2.32. The summed E-state index contributed by atoms with van der Waals surface area (Å²) in [7, 11) is 0. The molecule has 64 valence electrons. The first kappa shape index (κ1) is 9.25. The molecule has 0 spiro atoms. The lowest BCUT2D eigenvalue weighted by molar-refractivity contribution is -0.119. The molecule has 0 aromatic rings. The first-order valence-electron chi connectivity index (χ1n) is 3.93. The van der Waals surface area contributed by atoms with Gasteiger partial charge in [-0.15, -0.1) is 0 Å². The molecule has 11 heavy (non-hydrogen) atoms. The van der Waals surface area contributed by atoms with E-state index >= 15 is 0 Å². The van der Waals surface area contributed by atoms with E-state index in [1.807, 2.05) is 22.9 Å². The van der Waals surface area contributed by atoms with Crippen molar-refractivity contribution in [2.24, 2.45) is 5.92 Å². The quantitative estimate of drug-likeness (QED) is 0.575. The van der Waals surface area contributed by atoms with E-state index in [9.17, 15) is 4.79 Å². The average Bonchev–Trinajstić information content (AvgIpc) is 2.06. The molecule has 0 aliphatic carbocycles. The zero-order chi connectivity index (χ0) is 8.10. The molecule has 1 atom stereocenters. The van der Waals surface area contributed by atoms with Gasteiger partial charge in [-0.2, -0.15) is 0 Å². The van der Waals surface area contributed by atoms with Crippen LogP contribution in [-0.2, 0) is 4.79 Å². The molecule has 0 radical (unpaired) electrons. The van der Waals surface area contributed by atoms with Crippen LogP contribution in [-0.4, -0.2) is 19.0 Å². The summed E-state index contributed by atoms with van der Waals surface area (Å²) in [4.78, 5) is 10.9. The maximum absolute atomic E-state index is 10.9. The molecule has 1 unspecified atom stereocenters. The topological polar surface area (TPSA) is 41.1 Å². The van der Waals surface area contributed by atoms with Gasteiger partial charge in [0.1, 0.15) is 0 Å². The molecule has 0 aromatic carbocycles. The molecule has 1 rings (SSSR count). The molecule has 1 amide bonds. The number of carbonyl (C=O) groups excluding carboxylic acids is 1. The van der Waals surface area contributed by atoms with Gasteiger partial charge in [0, 0.05) is 6.42 Å². The normalized spacial score (nSPS) is 24.6. The van der Waals surface area contributed by atoms with Crippen molar-refractivity contribution in [3.8, 4) is 0 Å². The SMILES string of the molecule is O=C(CC1CCCNC1)NI. The number of piperidine rings is 1. The van der Waals surface area contributed by atoms with E-state index in [2.05, 4.69) is 8.85 Å². The second kappa shape index (κ2) is 4.92. The Kier molecular flexibility index (Phi) is 4.14. The molecule has 0 aromatic heterocycles. The summed E-state index contributed by atoms with van der Waals surface area (Å²) in [5.41, 5.74) is 0. The van der Waals surface area contributed by atoms with Gasteiger partial charge in [0.05, 0.1) is 22.9 Å². The fraction of sp³-hybridized carbons (Fsp3) is 0.857. The largest absolute Gasteiger partial charge is 0.316 e. The summed E-state index contributed by atoms with van der Waals surface area (Å²) in [5, 5.41) is 3.28. The Hall–Kier alpha value is 0.160. The minimum absolute atomic E-state index is 0.152. The van der Waals surface area contributed by atoms with E-state index in [1.165, 1.54) is 12.8 Å². The number of nitrogens with one attached hydrogen (secondary N) is 2. The van der Waals surface area contributed by atoms with Gasteiger partial charge < -0.3 is 5.32 Å². The molecule has 1 aliphatic rings. The van der Waals surface area contributed by atoms with Crippen molar-refractivity contribution < 1.29 is 4.79 Å². The fourth-order valence-corrected chi connectivity index (χ4v) is 1.62. The van der Waals surface area contributed by atoms with Gasteiger partial charge in [-0.1, -0.05) is 0 Å². The van der Waals surface area contributed by atoms with Crippen LogP contribution < -0.4 is 8.85 Å². The van der Waals surface area contributed by atoms with Crippen LogP contribution in [0, 0.1) is 5.92 Å². The highest BCUT2D eigenvalue weighted by Gasteiger charge is 2.15. The van der Waals surface area contributed by atoms with E-state index in [1.54, 1.807) is 0 Å². The summed E-state index contributed by atoms with van der Waals surface area (Å²) in [5.74, 6) is 0.706. The van der Waals surface area contributed by atoms with Crippen LogP contribution in [0.3, 0.4) is 0 Å². The Balaban J connectivity index is 2.19. The molecule has 1 fully saturated rings. The van der Waals surface area contributed by atoms with Crippen LogP contribution in [0.5, 0.6) is 0 Å². The Labute approximate surface area is 80.8 Å². The lowest BCUT2D eigenvalue weighted by Gasteiger charge is -2.21. The molecular weight excluding hydrogens is 255 g/mol. The summed E-state index contributed by atoms with van der Waals surface area (Å²) in [6, 6.07) is 0. The molecule has 3 nitrogen and oxygen atoms in total. The number of carbonyl (C=O) groups is 1. The van der Waals surface area contributed by atoms with Crippen molar-refractivity contribution >= 4 is 28.8 Å². The van der Waals surface area contributed by atoms with Crippen LogP contribution in [0.2, 0.25) is 0 Å². The number of hydrogen-bond acceptors (Lipinski definition) is 2. The van der Waals surface area contributed by atoms with E-state index in [0.717, 1.165) is 13.1 Å². The highest BCUT2D eigenvalue weighted by molar-refractivity contribution is 14.1. The Morgan fingerprint density at radius 3 is 3.09 bits per heavy atom. The average molecular weight is 268 g/mol. The molecule has 2 N–H and O–H groups in total. The fourth-order valence-electron chi connectivity index (χ4n) is 1.40. The van der Waals surface area contributed by atoms with Crippen LogP contribution in [0.4, 0.5) is 0 Å². The van der Waals surface area contributed by atoms with Crippen LogP contribution in [0.1, 0.15) is 19.3 Å². The van der Waals surface area contributed by atoms with Gasteiger partial charge in [0.25, 0.3) is 0 Å². The van der Waals surface area contributed by atoms with Crippen LogP contribution in [0.25, 0.3) is 0 Å². The second-order valence-corrected chi connectivity index (χ2v) is 3.47. The van der Waals surface area contributed by atoms with Gasteiger partial charge in [0.2, 0.25) is 5.91 Å². The molecule has 1 aliphatic heterocycles. The Morgan fingerprint density at radius 1 is 1.73 bits per heavy atom. The maximum atomic E-state index is 10.9. The molecular formula is C7H13IN2O. The lowest BCUT2D eigenvalue weighted by atomic mass is 9.96. The standard InChI is InChI=1S/C7H13IN2O/c8-10-7(11)4-6-2-1-3-9-5-6/h6,9H,1-5H2,(H,10,11). The van der Waals surface area contributed by atoms with Gasteiger partial charge in [0.15, 0.2) is 0 Å². The third-order valence-electron chi connectivity index (χ3n) is 1.98. The second-order valence-electron chi connectivity index (χ2n) is 2.93. The van der Waals surface area contributed by atoms with Crippen LogP contribution >= 0.6 is 22.9 Å². The number of amides is 1. The Morgan fingerprint density at radius 2 is 2.55 bits per heavy atom. The van der Waals surface area contributed by atoms with Crippen molar-refractivity contribution in [2.45, 2.75) is 19.3 Å². The highest BCUT2D eigenvalue weighted by Crippen LogP contribution is 2.13. The molecule has 4 heteroatoms. The van der Waals surface area contributed by atoms with Crippen molar-refractivity contribution in [2.75, 3.05) is 13.1 Å². The zero-order valence-corrected chi connectivity index (χ0v) is 8.56. The van der Waals surface area contributed by atoms with Crippen molar-refractivity contribution in [3.05, 3.63) is 0 Å². The van der Waals surface area contributed by atoms with Crippen molar-refractivity contribution in [3.63, 3.8) is 0 Å². The van der Waals surface area contributed by atoms with Gasteiger partial charge >= 0.3 is 0 Å². The number of halogens is 1. The number of rotatable bonds is 2. The Bertz CT molecular complexity index is 134. The summed E-state index contributed by atoms with van der Waals surface area (Å²) in [6.45, 7) is 2.12. The predicted octanol–water partition coefficient (Wildman–Crippen LogP) is 0.842. The summed E-state index contributed by atoms with van der Waals surface area (Å²) in [6.07, 6.45) is 3.08. The van der Waals surface area contributed by atoms with Gasteiger partial charge in [-0.05, 0) is 31.8 Å². The maximum Gasteiger partial charge on any atom is 0.228 e. The minimum atomic E-state index is 0.152.